The van der Waals surface area contributed by atoms with E-state index in [-0.39, 0.29) is 11.9 Å². The maximum absolute atomic E-state index is 11.6. The second kappa shape index (κ2) is 7.31. The van der Waals surface area contributed by atoms with E-state index in [2.05, 4.69) is 0 Å². The SMILES string of the molecule is CCOCCOC1CCN(S(=O)(=O)CC)CC1. The van der Waals surface area contributed by atoms with Crippen LogP contribution in [-0.4, -0.2) is 57.5 Å². The summed E-state index contributed by atoms with van der Waals surface area (Å²) in [5.74, 6) is 0.183. The molecule has 1 aliphatic rings. The topological polar surface area (TPSA) is 55.8 Å². The van der Waals surface area contributed by atoms with Crippen molar-refractivity contribution in [3.05, 3.63) is 0 Å². The Morgan fingerprint density at radius 1 is 1.18 bits per heavy atom. The van der Waals surface area contributed by atoms with Crippen LogP contribution in [0.2, 0.25) is 0 Å². The van der Waals surface area contributed by atoms with E-state index in [0.717, 1.165) is 12.8 Å². The van der Waals surface area contributed by atoms with Gasteiger partial charge in [0.05, 0.1) is 25.1 Å². The molecular formula is C11H23NO4S. The van der Waals surface area contributed by atoms with Gasteiger partial charge in [-0.2, -0.15) is 0 Å². The first-order chi connectivity index (χ1) is 8.10. The van der Waals surface area contributed by atoms with Crippen LogP contribution >= 0.6 is 0 Å². The lowest BCUT2D eigenvalue weighted by molar-refractivity contribution is -0.0121. The Balaban J connectivity index is 2.22. The number of piperidine rings is 1. The summed E-state index contributed by atoms with van der Waals surface area (Å²) in [7, 11) is -3.02. The van der Waals surface area contributed by atoms with Crippen molar-refractivity contribution in [1.29, 1.82) is 0 Å². The third-order valence-corrected chi connectivity index (χ3v) is 4.83. The lowest BCUT2D eigenvalue weighted by Gasteiger charge is -2.30. The van der Waals surface area contributed by atoms with Crippen molar-refractivity contribution in [2.24, 2.45) is 0 Å². The fraction of sp³-hybridized carbons (Fsp3) is 1.00. The number of rotatable bonds is 7. The van der Waals surface area contributed by atoms with E-state index >= 15 is 0 Å². The van der Waals surface area contributed by atoms with Crippen LogP contribution in [0.5, 0.6) is 0 Å². The van der Waals surface area contributed by atoms with Crippen molar-refractivity contribution in [3.8, 4) is 0 Å². The minimum Gasteiger partial charge on any atom is -0.379 e. The lowest BCUT2D eigenvalue weighted by atomic mass is 10.1. The molecular weight excluding hydrogens is 242 g/mol. The molecule has 1 heterocycles. The van der Waals surface area contributed by atoms with E-state index in [4.69, 9.17) is 9.47 Å². The van der Waals surface area contributed by atoms with Crippen molar-refractivity contribution in [2.45, 2.75) is 32.8 Å². The van der Waals surface area contributed by atoms with E-state index < -0.39 is 10.0 Å². The van der Waals surface area contributed by atoms with Gasteiger partial charge >= 0.3 is 0 Å². The zero-order valence-corrected chi connectivity index (χ0v) is 11.5. The van der Waals surface area contributed by atoms with Crippen LogP contribution < -0.4 is 0 Å². The zero-order valence-electron chi connectivity index (χ0n) is 10.7. The molecule has 1 rings (SSSR count). The van der Waals surface area contributed by atoms with Gasteiger partial charge in [0.2, 0.25) is 10.0 Å². The Morgan fingerprint density at radius 2 is 1.82 bits per heavy atom. The molecule has 0 radical (unpaired) electrons. The first-order valence-corrected chi connectivity index (χ1v) is 7.88. The van der Waals surface area contributed by atoms with E-state index in [1.54, 1.807) is 11.2 Å². The van der Waals surface area contributed by atoms with Crippen molar-refractivity contribution in [2.75, 3.05) is 38.7 Å². The van der Waals surface area contributed by atoms with E-state index in [1.807, 2.05) is 6.92 Å². The fourth-order valence-corrected chi connectivity index (χ4v) is 3.01. The number of nitrogens with zero attached hydrogens (tertiary/aromatic N) is 1. The summed E-state index contributed by atoms with van der Waals surface area (Å²) in [4.78, 5) is 0. The molecule has 0 N–H and O–H groups in total. The Labute approximate surface area is 104 Å². The maximum atomic E-state index is 11.6. The van der Waals surface area contributed by atoms with Crippen molar-refractivity contribution >= 4 is 10.0 Å². The quantitative estimate of drug-likeness (QED) is 0.641. The minimum atomic E-state index is -3.02. The number of ether oxygens (including phenoxy) is 2. The summed E-state index contributed by atoms with van der Waals surface area (Å²) in [5.41, 5.74) is 0. The Bertz CT molecular complexity index is 297. The van der Waals surface area contributed by atoms with Crippen LogP contribution in [-0.2, 0) is 19.5 Å². The lowest BCUT2D eigenvalue weighted by Crippen LogP contribution is -2.41. The van der Waals surface area contributed by atoms with Gasteiger partial charge in [-0.25, -0.2) is 12.7 Å². The molecule has 0 bridgehead atoms. The molecule has 1 fully saturated rings. The molecule has 0 spiro atoms. The monoisotopic (exact) mass is 265 g/mol. The Hall–Kier alpha value is -0.170. The summed E-state index contributed by atoms with van der Waals surface area (Å²) in [6.07, 6.45) is 1.75. The summed E-state index contributed by atoms with van der Waals surface area (Å²) < 4.78 is 35.6. The molecule has 0 atom stereocenters. The van der Waals surface area contributed by atoms with Crippen LogP contribution in [0.1, 0.15) is 26.7 Å². The van der Waals surface area contributed by atoms with E-state index in [0.29, 0.717) is 32.9 Å². The van der Waals surface area contributed by atoms with Gasteiger partial charge in [-0.15, -0.1) is 0 Å². The van der Waals surface area contributed by atoms with E-state index in [9.17, 15) is 8.42 Å². The van der Waals surface area contributed by atoms with E-state index in [1.165, 1.54) is 0 Å². The molecule has 1 aliphatic heterocycles. The predicted octanol–water partition coefficient (Wildman–Crippen LogP) is 0.854. The van der Waals surface area contributed by atoms with Gasteiger partial charge in [0.1, 0.15) is 0 Å². The molecule has 5 nitrogen and oxygen atoms in total. The first kappa shape index (κ1) is 14.9. The summed E-state index contributed by atoms with van der Waals surface area (Å²) in [5, 5.41) is 0. The molecule has 0 unspecified atom stereocenters. The van der Waals surface area contributed by atoms with Gasteiger partial charge in [-0.3, -0.25) is 0 Å². The van der Waals surface area contributed by atoms with Gasteiger partial charge in [-0.1, -0.05) is 0 Å². The maximum Gasteiger partial charge on any atom is 0.213 e. The van der Waals surface area contributed by atoms with Crippen LogP contribution in [0.25, 0.3) is 0 Å². The first-order valence-electron chi connectivity index (χ1n) is 6.27. The highest BCUT2D eigenvalue weighted by atomic mass is 32.2. The Morgan fingerprint density at radius 3 is 2.35 bits per heavy atom. The van der Waals surface area contributed by atoms with Crippen LogP contribution in [0, 0.1) is 0 Å². The molecule has 0 aromatic heterocycles. The third kappa shape index (κ3) is 4.91. The summed E-state index contributed by atoms with van der Waals surface area (Å²) >= 11 is 0. The van der Waals surface area contributed by atoms with Crippen molar-refractivity contribution < 1.29 is 17.9 Å². The molecule has 0 amide bonds. The number of hydrogen-bond acceptors (Lipinski definition) is 4. The van der Waals surface area contributed by atoms with Crippen molar-refractivity contribution in [1.82, 2.24) is 4.31 Å². The molecule has 102 valence electrons. The number of sulfonamides is 1. The highest BCUT2D eigenvalue weighted by Crippen LogP contribution is 2.16. The molecule has 0 aromatic carbocycles. The fourth-order valence-electron chi connectivity index (χ4n) is 1.88. The molecule has 0 aliphatic carbocycles. The summed E-state index contributed by atoms with van der Waals surface area (Å²) in [6, 6.07) is 0. The molecule has 0 saturated carbocycles. The predicted molar refractivity (Wildman–Crippen MR) is 66.5 cm³/mol. The summed E-state index contributed by atoms with van der Waals surface area (Å²) in [6.45, 7) is 6.71. The van der Waals surface area contributed by atoms with Gasteiger partial charge in [0.15, 0.2) is 0 Å². The average Bonchev–Trinajstić information content (AvgIpc) is 2.35. The largest absolute Gasteiger partial charge is 0.379 e. The molecule has 17 heavy (non-hydrogen) atoms. The van der Waals surface area contributed by atoms with Crippen LogP contribution in [0.4, 0.5) is 0 Å². The molecule has 6 heteroatoms. The van der Waals surface area contributed by atoms with Gasteiger partial charge in [0, 0.05) is 19.7 Å². The van der Waals surface area contributed by atoms with Crippen molar-refractivity contribution in [3.63, 3.8) is 0 Å². The van der Waals surface area contributed by atoms with Crippen LogP contribution in [0.3, 0.4) is 0 Å². The molecule has 1 saturated heterocycles. The van der Waals surface area contributed by atoms with Crippen LogP contribution in [0.15, 0.2) is 0 Å². The minimum absolute atomic E-state index is 0.179. The zero-order chi connectivity index (χ0) is 12.7. The van der Waals surface area contributed by atoms with Gasteiger partial charge in [0.25, 0.3) is 0 Å². The highest BCUT2D eigenvalue weighted by molar-refractivity contribution is 7.89. The smallest absolute Gasteiger partial charge is 0.213 e. The standard InChI is InChI=1S/C11H23NO4S/c1-3-15-9-10-16-11-5-7-12(8-6-11)17(13,14)4-2/h11H,3-10H2,1-2H3. The normalized spacial score (nSPS) is 19.6. The molecule has 0 aromatic rings. The second-order valence-corrected chi connectivity index (χ2v) is 6.32. The Kier molecular flexibility index (Phi) is 6.40. The average molecular weight is 265 g/mol. The number of hydrogen-bond donors (Lipinski definition) is 0. The van der Waals surface area contributed by atoms with Gasteiger partial charge < -0.3 is 9.47 Å². The highest BCUT2D eigenvalue weighted by Gasteiger charge is 2.26. The second-order valence-electron chi connectivity index (χ2n) is 4.07. The third-order valence-electron chi connectivity index (χ3n) is 2.94. The van der Waals surface area contributed by atoms with Gasteiger partial charge in [-0.05, 0) is 26.7 Å².